The second-order valence-electron chi connectivity index (χ2n) is 5.30. The van der Waals surface area contributed by atoms with E-state index < -0.39 is 0 Å². The number of anilines is 1. The molecule has 1 heterocycles. The van der Waals surface area contributed by atoms with Gasteiger partial charge in [-0.3, -0.25) is 9.59 Å². The van der Waals surface area contributed by atoms with E-state index in [0.29, 0.717) is 32.8 Å². The summed E-state index contributed by atoms with van der Waals surface area (Å²) in [6, 6.07) is 8.14. The molecule has 3 rings (SSSR count). The number of hydrogen-bond acceptors (Lipinski definition) is 5. The van der Waals surface area contributed by atoms with Gasteiger partial charge in [-0.15, -0.1) is 0 Å². The fraction of sp³-hybridized carbons (Fsp3) is 0.111. The van der Waals surface area contributed by atoms with Gasteiger partial charge in [-0.05, 0) is 57.9 Å². The van der Waals surface area contributed by atoms with E-state index in [9.17, 15) is 14.7 Å². The van der Waals surface area contributed by atoms with Gasteiger partial charge in [-0.25, -0.2) is 0 Å². The van der Waals surface area contributed by atoms with E-state index in [-0.39, 0.29) is 24.0 Å². The number of phenols is 1. The Balaban J connectivity index is 1.83. The number of aromatic hydroxyl groups is 1. The van der Waals surface area contributed by atoms with E-state index in [1.807, 2.05) is 0 Å². The Morgan fingerprint density at radius 1 is 1.36 bits per heavy atom. The van der Waals surface area contributed by atoms with Crippen LogP contribution in [-0.2, 0) is 4.79 Å². The number of halogens is 1. The smallest absolute Gasteiger partial charge is 0.262 e. The minimum Gasteiger partial charge on any atom is -0.503 e. The van der Waals surface area contributed by atoms with Gasteiger partial charge in [0.2, 0.25) is 0 Å². The Morgan fingerprint density at radius 3 is 2.92 bits per heavy atom. The number of methoxy groups -OCH3 is 1. The zero-order chi connectivity index (χ0) is 18.0. The Labute approximate surface area is 152 Å². The molecule has 0 bridgehead atoms. The molecule has 1 aliphatic heterocycles. The van der Waals surface area contributed by atoms with Crippen molar-refractivity contribution in [2.75, 3.05) is 19.0 Å². The van der Waals surface area contributed by atoms with Crippen LogP contribution >= 0.6 is 15.9 Å². The summed E-state index contributed by atoms with van der Waals surface area (Å²) >= 11 is 3.23. The van der Waals surface area contributed by atoms with Crippen molar-refractivity contribution >= 4 is 39.4 Å². The van der Waals surface area contributed by atoms with Crippen molar-refractivity contribution in [1.29, 1.82) is 0 Å². The van der Waals surface area contributed by atoms with Crippen LogP contribution in [0.25, 0.3) is 6.08 Å². The molecule has 0 aromatic heterocycles. The van der Waals surface area contributed by atoms with E-state index >= 15 is 0 Å². The Bertz CT molecular complexity index is 891. The zero-order valence-corrected chi connectivity index (χ0v) is 14.8. The predicted octanol–water partition coefficient (Wildman–Crippen LogP) is 3.39. The third-order valence-electron chi connectivity index (χ3n) is 3.59. The predicted molar refractivity (Wildman–Crippen MR) is 96.3 cm³/mol. The van der Waals surface area contributed by atoms with Crippen LogP contribution < -0.4 is 14.8 Å². The van der Waals surface area contributed by atoms with Gasteiger partial charge in [0.1, 0.15) is 5.75 Å². The molecule has 2 aromatic rings. The number of amides is 1. The molecule has 2 N–H and O–H groups in total. The molecule has 0 atom stereocenters. The number of hydrogen-bond donors (Lipinski definition) is 2. The number of carbonyl (C=O) groups is 2. The van der Waals surface area contributed by atoms with E-state index in [0.717, 1.165) is 0 Å². The lowest BCUT2D eigenvalue weighted by molar-refractivity contribution is -0.118. The summed E-state index contributed by atoms with van der Waals surface area (Å²) in [7, 11) is 1.45. The number of carbonyl (C=O) groups excluding carboxylic acids is 2. The average Bonchev–Trinajstić information content (AvgIpc) is 2.61. The normalized spacial score (nSPS) is 13.1. The molecule has 2 aromatic carbocycles. The molecule has 7 heteroatoms. The summed E-state index contributed by atoms with van der Waals surface area (Å²) in [6.45, 7) is -0.0300. The van der Waals surface area contributed by atoms with Crippen molar-refractivity contribution in [3.8, 4) is 17.2 Å². The van der Waals surface area contributed by atoms with Crippen LogP contribution in [0.2, 0.25) is 0 Å². The van der Waals surface area contributed by atoms with Crippen LogP contribution in [0.1, 0.15) is 15.9 Å². The molecule has 25 heavy (non-hydrogen) atoms. The van der Waals surface area contributed by atoms with Crippen LogP contribution in [0, 0.1) is 0 Å². The van der Waals surface area contributed by atoms with E-state index in [1.54, 1.807) is 36.4 Å². The first kappa shape index (κ1) is 17.0. The second-order valence-corrected chi connectivity index (χ2v) is 6.15. The van der Waals surface area contributed by atoms with Crippen molar-refractivity contribution in [2.45, 2.75) is 0 Å². The van der Waals surface area contributed by atoms with Crippen LogP contribution in [0.4, 0.5) is 5.69 Å². The standard InChI is InChI=1S/C18H14BrNO5/c1-24-16-7-10(6-12(19)18(16)23)2-4-14(21)11-3-5-15-13(8-11)20-17(22)9-25-15/h2-8,23H,9H2,1H3,(H,20,22)/b4-2+. The van der Waals surface area contributed by atoms with Crippen LogP contribution in [-0.4, -0.2) is 30.5 Å². The van der Waals surface area contributed by atoms with Crippen molar-refractivity contribution < 1.29 is 24.2 Å². The SMILES string of the molecule is COc1cc(/C=C/C(=O)c2ccc3c(c2)NC(=O)CO3)cc(Br)c1O. The molecule has 0 aliphatic carbocycles. The zero-order valence-electron chi connectivity index (χ0n) is 13.2. The lowest BCUT2D eigenvalue weighted by atomic mass is 10.1. The van der Waals surface area contributed by atoms with Gasteiger partial charge in [-0.2, -0.15) is 0 Å². The topological polar surface area (TPSA) is 84.9 Å². The number of ketones is 1. The lowest BCUT2D eigenvalue weighted by Crippen LogP contribution is -2.25. The number of ether oxygens (including phenoxy) is 2. The highest BCUT2D eigenvalue weighted by Gasteiger charge is 2.17. The molecular formula is C18H14BrNO5. The number of fused-ring (bicyclic) bond motifs is 1. The highest BCUT2D eigenvalue weighted by Crippen LogP contribution is 2.35. The highest BCUT2D eigenvalue weighted by molar-refractivity contribution is 9.10. The summed E-state index contributed by atoms with van der Waals surface area (Å²) in [4.78, 5) is 23.7. The highest BCUT2D eigenvalue weighted by atomic mass is 79.9. The fourth-order valence-electron chi connectivity index (χ4n) is 2.35. The number of nitrogens with one attached hydrogen (secondary N) is 1. The maximum atomic E-state index is 12.4. The molecular weight excluding hydrogens is 390 g/mol. The Kier molecular flexibility index (Phi) is 4.76. The quantitative estimate of drug-likeness (QED) is 0.603. The summed E-state index contributed by atoms with van der Waals surface area (Å²) in [5.74, 6) is 0.346. The minimum absolute atomic E-state index is 0.00333. The minimum atomic E-state index is -0.256. The largest absolute Gasteiger partial charge is 0.503 e. The molecule has 0 saturated carbocycles. The van der Waals surface area contributed by atoms with Gasteiger partial charge >= 0.3 is 0 Å². The van der Waals surface area contributed by atoms with Crippen molar-refractivity contribution in [3.05, 3.63) is 52.0 Å². The third kappa shape index (κ3) is 3.66. The van der Waals surface area contributed by atoms with Gasteiger partial charge in [0.05, 0.1) is 17.3 Å². The van der Waals surface area contributed by atoms with Crippen molar-refractivity contribution in [3.63, 3.8) is 0 Å². The summed E-state index contributed by atoms with van der Waals surface area (Å²) in [5, 5.41) is 12.5. The molecule has 0 unspecified atom stereocenters. The molecule has 1 aliphatic rings. The summed E-state index contributed by atoms with van der Waals surface area (Å²) in [6.07, 6.45) is 3.02. The van der Waals surface area contributed by atoms with Gasteiger partial charge < -0.3 is 19.9 Å². The van der Waals surface area contributed by atoms with E-state index in [4.69, 9.17) is 9.47 Å². The number of allylic oxidation sites excluding steroid dienone is 1. The molecule has 128 valence electrons. The van der Waals surface area contributed by atoms with Gasteiger partial charge in [0, 0.05) is 5.56 Å². The fourth-order valence-corrected chi connectivity index (χ4v) is 2.81. The van der Waals surface area contributed by atoms with Crippen LogP contribution in [0.5, 0.6) is 17.2 Å². The van der Waals surface area contributed by atoms with Crippen molar-refractivity contribution in [1.82, 2.24) is 0 Å². The first-order valence-electron chi connectivity index (χ1n) is 7.33. The molecule has 0 radical (unpaired) electrons. The monoisotopic (exact) mass is 403 g/mol. The molecule has 0 saturated heterocycles. The lowest BCUT2D eigenvalue weighted by Gasteiger charge is -2.17. The summed E-state index contributed by atoms with van der Waals surface area (Å²) in [5.41, 5.74) is 1.58. The van der Waals surface area contributed by atoms with Gasteiger partial charge in [0.25, 0.3) is 5.91 Å². The summed E-state index contributed by atoms with van der Waals surface area (Å²) < 4.78 is 10.8. The first-order chi connectivity index (χ1) is 12.0. The number of rotatable bonds is 4. The molecule has 0 fully saturated rings. The van der Waals surface area contributed by atoms with Crippen LogP contribution in [0.15, 0.2) is 40.9 Å². The second kappa shape index (κ2) is 6.98. The average molecular weight is 404 g/mol. The van der Waals surface area contributed by atoms with Gasteiger partial charge in [-0.1, -0.05) is 6.08 Å². The van der Waals surface area contributed by atoms with Crippen LogP contribution in [0.3, 0.4) is 0 Å². The Morgan fingerprint density at radius 2 is 2.16 bits per heavy atom. The van der Waals surface area contributed by atoms with Gasteiger partial charge in [0.15, 0.2) is 23.9 Å². The van der Waals surface area contributed by atoms with Crippen molar-refractivity contribution in [2.24, 2.45) is 0 Å². The number of phenolic OH excluding ortho intramolecular Hbond substituents is 1. The first-order valence-corrected chi connectivity index (χ1v) is 8.13. The molecule has 1 amide bonds. The van der Waals surface area contributed by atoms with E-state index in [1.165, 1.54) is 13.2 Å². The Hall–Kier alpha value is -2.80. The van der Waals surface area contributed by atoms with E-state index in [2.05, 4.69) is 21.2 Å². The maximum absolute atomic E-state index is 12.4. The maximum Gasteiger partial charge on any atom is 0.262 e. The molecule has 6 nitrogen and oxygen atoms in total. The molecule has 0 spiro atoms. The third-order valence-corrected chi connectivity index (χ3v) is 4.20. The number of benzene rings is 2.